The number of pyridine rings is 1. The Morgan fingerprint density at radius 3 is 2.41 bits per heavy atom. The van der Waals surface area contributed by atoms with Crippen molar-refractivity contribution < 1.29 is 19.1 Å². The zero-order chi connectivity index (χ0) is 29.4. The summed E-state index contributed by atoms with van der Waals surface area (Å²) in [5, 5.41) is 3.51. The number of anilines is 2. The fraction of sp³-hybridized carbons (Fsp3) is 0.241. The highest BCUT2D eigenvalue weighted by Gasteiger charge is 2.64. The van der Waals surface area contributed by atoms with Crippen molar-refractivity contribution in [2.75, 3.05) is 24.4 Å². The highest BCUT2D eigenvalue weighted by molar-refractivity contribution is 6.32. The minimum Gasteiger partial charge on any atom is -0.497 e. The molecule has 2 aromatic heterocycles. The number of amides is 2. The van der Waals surface area contributed by atoms with Gasteiger partial charge in [-0.05, 0) is 44.2 Å². The number of hydrogen-bond acceptors (Lipinski definition) is 6. The van der Waals surface area contributed by atoms with Gasteiger partial charge in [-0.1, -0.05) is 29.3 Å². The van der Waals surface area contributed by atoms with E-state index in [1.807, 2.05) is 18.4 Å². The number of carbonyl (C=O) groups excluding carboxylic acids is 2. The lowest BCUT2D eigenvalue weighted by atomic mass is 9.87. The molecule has 1 spiro atoms. The van der Waals surface area contributed by atoms with Crippen molar-refractivity contribution in [2.45, 2.75) is 25.4 Å². The van der Waals surface area contributed by atoms with Gasteiger partial charge in [0.25, 0.3) is 17.4 Å². The van der Waals surface area contributed by atoms with Crippen LogP contribution in [0.4, 0.5) is 11.4 Å². The minimum atomic E-state index is -1.78. The Bertz CT molecular complexity index is 1850. The second kappa shape index (κ2) is 9.39. The zero-order valence-corrected chi connectivity index (χ0v) is 24.3. The Balaban J connectivity index is 1.74. The minimum absolute atomic E-state index is 0.0338. The van der Waals surface area contributed by atoms with Crippen LogP contribution in [-0.2, 0) is 17.4 Å². The summed E-state index contributed by atoms with van der Waals surface area (Å²) >= 11 is 12.7. The molecule has 2 aromatic carbocycles. The second-order valence-electron chi connectivity index (χ2n) is 10.1. The summed E-state index contributed by atoms with van der Waals surface area (Å²) in [7, 11) is 4.61. The Kier molecular flexibility index (Phi) is 6.16. The van der Waals surface area contributed by atoms with Crippen molar-refractivity contribution >= 4 is 46.4 Å². The van der Waals surface area contributed by atoms with Crippen LogP contribution in [0.25, 0.3) is 11.4 Å². The first kappa shape index (κ1) is 26.9. The van der Waals surface area contributed by atoms with E-state index in [0.29, 0.717) is 44.9 Å². The van der Waals surface area contributed by atoms with Gasteiger partial charge in [0.05, 0.1) is 30.5 Å². The lowest BCUT2D eigenvalue weighted by Gasteiger charge is -2.35. The topological polar surface area (TPSA) is 108 Å². The molecule has 1 unspecified atom stereocenters. The molecule has 6 rings (SSSR count). The average Bonchev–Trinajstić information content (AvgIpc) is 3.54. The maximum Gasteiger partial charge on any atom is 0.280 e. The number of imidazole rings is 1. The van der Waals surface area contributed by atoms with Crippen molar-refractivity contribution in [3.8, 4) is 22.9 Å². The van der Waals surface area contributed by atoms with Crippen molar-refractivity contribution in [1.82, 2.24) is 14.1 Å². The van der Waals surface area contributed by atoms with Crippen molar-refractivity contribution in [1.29, 1.82) is 0 Å². The quantitative estimate of drug-likeness (QED) is 0.348. The lowest BCUT2D eigenvalue weighted by Crippen LogP contribution is -2.53. The molecule has 4 aromatic rings. The van der Waals surface area contributed by atoms with Crippen LogP contribution in [0.15, 0.2) is 53.5 Å². The molecule has 1 N–H and O–H groups in total. The number of ether oxygens (including phenoxy) is 2. The first-order valence-corrected chi connectivity index (χ1v) is 13.5. The molecule has 2 aliphatic heterocycles. The predicted molar refractivity (Wildman–Crippen MR) is 156 cm³/mol. The summed E-state index contributed by atoms with van der Waals surface area (Å²) in [6, 6.07) is 11.3. The molecular formula is C29H25Cl2N5O5. The summed E-state index contributed by atoms with van der Waals surface area (Å²) in [6.07, 6.45) is 1.44. The summed E-state index contributed by atoms with van der Waals surface area (Å²) in [4.78, 5) is 48.3. The van der Waals surface area contributed by atoms with Crippen molar-refractivity contribution in [3.05, 3.63) is 86.0 Å². The van der Waals surface area contributed by atoms with E-state index in [9.17, 15) is 14.4 Å². The molecule has 0 bridgehead atoms. The van der Waals surface area contributed by atoms with Gasteiger partial charge in [0.1, 0.15) is 23.0 Å². The largest absolute Gasteiger partial charge is 0.497 e. The van der Waals surface area contributed by atoms with Crippen LogP contribution >= 0.6 is 23.2 Å². The molecular weight excluding hydrogens is 569 g/mol. The monoisotopic (exact) mass is 593 g/mol. The number of nitrogens with one attached hydrogen (secondary N) is 1. The van der Waals surface area contributed by atoms with Crippen LogP contribution in [0.5, 0.6) is 11.5 Å². The molecule has 0 radical (unpaired) electrons. The van der Waals surface area contributed by atoms with Crippen LogP contribution in [0.1, 0.15) is 41.6 Å². The van der Waals surface area contributed by atoms with Crippen LogP contribution in [0.2, 0.25) is 10.0 Å². The Morgan fingerprint density at radius 2 is 1.73 bits per heavy atom. The standard InChI is InChI=1S/C29H25Cl2N5O5/c1-14(2)35-24-23(33-25(35)18-8-7-17(40-4)12-22(18)41-5)27(38)36(21-11-16(31)13-34(3)26(21)37)29(24)19-9-6-15(30)10-20(19)32-28(29)39/h6-14H,1-5H3,(H,32,39). The predicted octanol–water partition coefficient (Wildman–Crippen LogP) is 5.01. The highest BCUT2D eigenvalue weighted by atomic mass is 35.5. The number of halogens is 2. The van der Waals surface area contributed by atoms with Gasteiger partial charge < -0.3 is 23.9 Å². The molecule has 12 heteroatoms. The second-order valence-corrected chi connectivity index (χ2v) is 11.0. The molecule has 0 saturated heterocycles. The van der Waals surface area contributed by atoms with E-state index in [0.717, 1.165) is 0 Å². The smallest absolute Gasteiger partial charge is 0.280 e. The Morgan fingerprint density at radius 1 is 0.976 bits per heavy atom. The molecule has 0 saturated carbocycles. The van der Waals surface area contributed by atoms with Crippen LogP contribution in [0, 0.1) is 0 Å². The molecule has 2 aliphatic rings. The maximum absolute atomic E-state index is 14.4. The molecule has 2 amide bonds. The number of carbonyl (C=O) groups is 2. The Hall–Kier alpha value is -4.28. The van der Waals surface area contributed by atoms with Crippen molar-refractivity contribution in [2.24, 2.45) is 7.05 Å². The maximum atomic E-state index is 14.4. The number of methoxy groups -OCH3 is 2. The third-order valence-corrected chi connectivity index (χ3v) is 7.92. The van der Waals surface area contributed by atoms with Crippen LogP contribution in [-0.4, -0.2) is 40.2 Å². The number of aromatic nitrogens is 3. The van der Waals surface area contributed by atoms with E-state index in [2.05, 4.69) is 5.32 Å². The summed E-state index contributed by atoms with van der Waals surface area (Å²) in [5.74, 6) is 0.327. The molecule has 10 nitrogen and oxygen atoms in total. The molecule has 210 valence electrons. The average molecular weight is 594 g/mol. The number of aryl methyl sites for hydroxylation is 1. The number of nitrogens with zero attached hydrogens (tertiary/aromatic N) is 4. The molecule has 41 heavy (non-hydrogen) atoms. The summed E-state index contributed by atoms with van der Waals surface area (Å²) in [6.45, 7) is 3.85. The van der Waals surface area contributed by atoms with Crippen LogP contribution < -0.4 is 25.2 Å². The van der Waals surface area contributed by atoms with Crippen LogP contribution in [0.3, 0.4) is 0 Å². The fourth-order valence-corrected chi connectivity index (χ4v) is 6.22. The van der Waals surface area contributed by atoms with Gasteiger partial charge >= 0.3 is 0 Å². The fourth-order valence-electron chi connectivity index (χ4n) is 5.80. The van der Waals surface area contributed by atoms with E-state index in [4.69, 9.17) is 37.7 Å². The highest BCUT2D eigenvalue weighted by Crippen LogP contribution is 2.54. The van der Waals surface area contributed by atoms with Crippen molar-refractivity contribution in [3.63, 3.8) is 0 Å². The number of hydrogen-bond donors (Lipinski definition) is 1. The lowest BCUT2D eigenvalue weighted by molar-refractivity contribution is -0.119. The number of fused-ring (bicyclic) bond motifs is 4. The normalized spacial score (nSPS) is 17.3. The third-order valence-electron chi connectivity index (χ3n) is 7.48. The van der Waals surface area contributed by atoms with E-state index in [1.54, 1.807) is 43.5 Å². The van der Waals surface area contributed by atoms with Gasteiger partial charge in [0, 0.05) is 41.6 Å². The van der Waals surface area contributed by atoms with E-state index in [1.165, 1.54) is 35.9 Å². The molecule has 0 aliphatic carbocycles. The molecule has 4 heterocycles. The Labute approximate surface area is 245 Å². The van der Waals surface area contributed by atoms with E-state index >= 15 is 0 Å². The van der Waals surface area contributed by atoms with Gasteiger partial charge in [-0.15, -0.1) is 0 Å². The van der Waals surface area contributed by atoms with Gasteiger partial charge in [-0.2, -0.15) is 0 Å². The summed E-state index contributed by atoms with van der Waals surface area (Å²) < 4.78 is 14.1. The third kappa shape index (κ3) is 3.63. The molecule has 0 fully saturated rings. The zero-order valence-electron chi connectivity index (χ0n) is 22.8. The van der Waals surface area contributed by atoms with Gasteiger partial charge in [0.15, 0.2) is 11.2 Å². The first-order chi connectivity index (χ1) is 19.5. The molecule has 1 atom stereocenters. The number of rotatable bonds is 5. The van der Waals surface area contributed by atoms with Gasteiger partial charge in [-0.3, -0.25) is 19.3 Å². The van der Waals surface area contributed by atoms with Gasteiger partial charge in [0.2, 0.25) is 0 Å². The number of benzene rings is 2. The van der Waals surface area contributed by atoms with E-state index < -0.39 is 22.9 Å². The van der Waals surface area contributed by atoms with Gasteiger partial charge in [-0.25, -0.2) is 4.98 Å². The summed E-state index contributed by atoms with van der Waals surface area (Å²) in [5.41, 5.74) is -0.506. The van der Waals surface area contributed by atoms with E-state index in [-0.39, 0.29) is 22.4 Å². The SMILES string of the molecule is COc1ccc(-c2nc3c(n2C(C)C)C2(C(=O)Nc4cc(Cl)ccc42)N(c2cc(Cl)cn(C)c2=O)C3=O)c(OC)c1. The first-order valence-electron chi connectivity index (χ1n) is 12.7.